The van der Waals surface area contributed by atoms with Crippen LogP contribution in [-0.4, -0.2) is 88.6 Å². The topological polar surface area (TPSA) is 145 Å². The number of nitrogens with zero attached hydrogens (tertiary/aromatic N) is 2. The van der Waals surface area contributed by atoms with E-state index in [1.165, 1.54) is 4.90 Å². The molecule has 0 unspecified atom stereocenters. The van der Waals surface area contributed by atoms with Gasteiger partial charge in [-0.05, 0) is 36.3 Å². The van der Waals surface area contributed by atoms with E-state index in [0.29, 0.717) is 25.3 Å². The number of carbonyl (C=O) groups excluding carboxylic acids is 3. The maximum Gasteiger partial charge on any atom is 0.407 e. The van der Waals surface area contributed by atoms with Gasteiger partial charge < -0.3 is 36.0 Å². The van der Waals surface area contributed by atoms with Gasteiger partial charge in [0.1, 0.15) is 12.6 Å². The highest BCUT2D eigenvalue weighted by Gasteiger charge is 2.31. The van der Waals surface area contributed by atoms with Gasteiger partial charge >= 0.3 is 12.1 Å². The first-order valence-corrected chi connectivity index (χ1v) is 19.2. The molecule has 13 heteroatoms. The zero-order chi connectivity index (χ0) is 36.0. The lowest BCUT2D eigenvalue weighted by atomic mass is 9.93. The number of benzene rings is 2. The molecule has 5 N–H and O–H groups in total. The molecule has 2 heterocycles. The van der Waals surface area contributed by atoms with Crippen LogP contribution in [0, 0.1) is 5.92 Å². The highest BCUT2D eigenvalue weighted by Crippen LogP contribution is 2.20. The fourth-order valence-electron chi connectivity index (χ4n) is 5.67. The summed E-state index contributed by atoms with van der Waals surface area (Å²) in [7, 11) is 1.68. The molecular weight excluding hydrogens is 673 g/mol. The van der Waals surface area contributed by atoms with E-state index in [9.17, 15) is 19.5 Å². The van der Waals surface area contributed by atoms with Crippen molar-refractivity contribution in [1.82, 2.24) is 31.2 Å². The summed E-state index contributed by atoms with van der Waals surface area (Å²) < 4.78 is 5.53. The van der Waals surface area contributed by atoms with Crippen molar-refractivity contribution < 1.29 is 24.2 Å². The van der Waals surface area contributed by atoms with Gasteiger partial charge in [0.25, 0.3) is 0 Å². The largest absolute Gasteiger partial charge is 0.448 e. The minimum Gasteiger partial charge on any atom is -0.448 e. The Morgan fingerprint density at radius 1 is 0.980 bits per heavy atom. The number of ether oxygens (including phenoxy) is 1. The van der Waals surface area contributed by atoms with Crippen LogP contribution in [0.25, 0.3) is 0 Å². The maximum atomic E-state index is 13.9. The van der Waals surface area contributed by atoms with Crippen molar-refractivity contribution in [3.05, 3.63) is 87.9 Å². The van der Waals surface area contributed by atoms with Gasteiger partial charge in [-0.1, -0.05) is 88.4 Å². The van der Waals surface area contributed by atoms with Crippen LogP contribution >= 0.6 is 23.1 Å². The lowest BCUT2D eigenvalue weighted by molar-refractivity contribution is -0.124. The van der Waals surface area contributed by atoms with Gasteiger partial charge in [-0.3, -0.25) is 4.79 Å². The van der Waals surface area contributed by atoms with Crippen LogP contribution < -0.4 is 21.3 Å². The van der Waals surface area contributed by atoms with Crippen molar-refractivity contribution >= 4 is 41.1 Å². The SMILES string of the molecule is CC(C)c1nc(CN(C)C(=O)N[C@H](C(=O)N[C@@H](Cc2ccccc2)C[C@H](O)[C@H](Cc2ccccc2)NC(=O)OC[C@@H]2CNCS2)C(C)C)cs1. The summed E-state index contributed by atoms with van der Waals surface area (Å²) in [5.74, 6) is 0.571. The Morgan fingerprint density at radius 3 is 2.22 bits per heavy atom. The molecule has 1 aliphatic heterocycles. The van der Waals surface area contributed by atoms with E-state index >= 15 is 0 Å². The Hall–Kier alpha value is -3.65. The Bertz CT molecular complexity index is 1490. The first-order valence-electron chi connectivity index (χ1n) is 17.3. The molecule has 0 bridgehead atoms. The second-order valence-electron chi connectivity index (χ2n) is 13.5. The summed E-state index contributed by atoms with van der Waals surface area (Å²) in [6.07, 6.45) is -0.644. The normalized spacial score (nSPS) is 16.8. The lowest BCUT2D eigenvalue weighted by Crippen LogP contribution is -2.55. The van der Waals surface area contributed by atoms with Crippen LogP contribution in [0.4, 0.5) is 9.59 Å². The Balaban J connectivity index is 1.45. The highest BCUT2D eigenvalue weighted by atomic mass is 32.2. The molecule has 0 spiro atoms. The molecule has 3 aromatic rings. The minimum absolute atomic E-state index is 0.154. The van der Waals surface area contributed by atoms with Crippen molar-refractivity contribution in [3.8, 4) is 0 Å². The summed E-state index contributed by atoms with van der Waals surface area (Å²) in [5, 5.41) is 27.0. The zero-order valence-corrected chi connectivity index (χ0v) is 31.3. The Kier molecular flexibility index (Phi) is 15.4. The van der Waals surface area contributed by atoms with Gasteiger partial charge in [-0.15, -0.1) is 23.1 Å². The van der Waals surface area contributed by atoms with Crippen LogP contribution in [-0.2, 0) is 28.9 Å². The average Bonchev–Trinajstić information content (AvgIpc) is 3.79. The Morgan fingerprint density at radius 2 is 1.64 bits per heavy atom. The molecular formula is C37H52N6O5S2. The molecule has 2 aromatic carbocycles. The highest BCUT2D eigenvalue weighted by molar-refractivity contribution is 8.00. The van der Waals surface area contributed by atoms with Gasteiger partial charge in [0, 0.05) is 36.8 Å². The molecule has 50 heavy (non-hydrogen) atoms. The summed E-state index contributed by atoms with van der Waals surface area (Å²) in [6, 6.07) is 17.0. The van der Waals surface area contributed by atoms with Gasteiger partial charge in [0.2, 0.25) is 5.91 Å². The fraction of sp³-hybridized carbons (Fsp3) is 0.514. The summed E-state index contributed by atoms with van der Waals surface area (Å²) in [5.41, 5.74) is 2.73. The van der Waals surface area contributed by atoms with E-state index in [4.69, 9.17) is 4.74 Å². The number of aliphatic hydroxyl groups is 1. The third-order valence-corrected chi connectivity index (χ3v) is 10.8. The number of hydrogen-bond acceptors (Lipinski definition) is 9. The first-order chi connectivity index (χ1) is 24.0. The predicted molar refractivity (Wildman–Crippen MR) is 200 cm³/mol. The molecule has 5 atom stereocenters. The fourth-order valence-corrected chi connectivity index (χ4v) is 7.37. The number of aliphatic hydroxyl groups excluding tert-OH is 1. The molecule has 1 aliphatic rings. The average molecular weight is 725 g/mol. The Labute approximate surface area is 304 Å². The van der Waals surface area contributed by atoms with Crippen LogP contribution in [0.3, 0.4) is 0 Å². The quantitative estimate of drug-likeness (QED) is 0.132. The molecule has 1 aromatic heterocycles. The van der Waals surface area contributed by atoms with Gasteiger partial charge in [0.15, 0.2) is 0 Å². The number of thiazole rings is 1. The minimum atomic E-state index is -1.02. The molecule has 272 valence electrons. The number of thioether (sulfide) groups is 1. The number of aromatic nitrogens is 1. The number of hydrogen-bond donors (Lipinski definition) is 5. The van der Waals surface area contributed by atoms with Crippen molar-refractivity contribution in [2.45, 2.75) is 88.9 Å². The zero-order valence-electron chi connectivity index (χ0n) is 29.6. The van der Waals surface area contributed by atoms with E-state index in [0.717, 1.165) is 34.2 Å². The second kappa shape index (κ2) is 19.7. The number of rotatable bonds is 17. The molecule has 0 saturated carbocycles. The molecule has 1 saturated heterocycles. The monoisotopic (exact) mass is 724 g/mol. The second-order valence-corrected chi connectivity index (χ2v) is 15.7. The van der Waals surface area contributed by atoms with E-state index in [-0.39, 0.29) is 36.1 Å². The standard InChI is InChI=1S/C37H52N6O5S2/c1-24(2)33(42-36(46)43(5)20-29-22-49-35(40-29)25(3)4)34(45)39-28(16-26-12-8-6-9-13-26)18-32(44)31(17-27-14-10-7-11-15-27)41-37(47)48-21-30-19-38-23-50-30/h6-15,22,24-25,28,30-33,38,44H,16-21,23H2,1-5H3,(H,39,45)(H,41,47)(H,42,46)/t28-,30-,31-,32-,33-/m0/s1. The van der Waals surface area contributed by atoms with Crippen LogP contribution in [0.1, 0.15) is 61.9 Å². The van der Waals surface area contributed by atoms with Gasteiger partial charge in [-0.25, -0.2) is 14.6 Å². The molecule has 4 amide bonds. The summed E-state index contributed by atoms with van der Waals surface area (Å²) in [4.78, 5) is 46.2. The smallest absolute Gasteiger partial charge is 0.407 e. The van der Waals surface area contributed by atoms with E-state index in [1.807, 2.05) is 79.9 Å². The van der Waals surface area contributed by atoms with Gasteiger partial charge in [0.05, 0.1) is 34.6 Å². The maximum absolute atomic E-state index is 13.9. The number of urea groups is 1. The lowest BCUT2D eigenvalue weighted by Gasteiger charge is -2.30. The van der Waals surface area contributed by atoms with Crippen molar-refractivity contribution in [2.75, 3.05) is 26.1 Å². The van der Waals surface area contributed by atoms with Crippen LogP contribution in [0.15, 0.2) is 66.0 Å². The molecule has 0 aliphatic carbocycles. The number of nitrogens with one attached hydrogen (secondary N) is 4. The molecule has 4 rings (SSSR count). The first kappa shape index (κ1) is 39.1. The van der Waals surface area contributed by atoms with Gasteiger partial charge in [-0.2, -0.15) is 0 Å². The summed E-state index contributed by atoms with van der Waals surface area (Å²) in [6.45, 7) is 9.28. The van der Waals surface area contributed by atoms with Crippen molar-refractivity contribution in [2.24, 2.45) is 5.92 Å². The molecule has 1 fully saturated rings. The molecule has 0 radical (unpaired) electrons. The number of carbonyl (C=O) groups is 3. The van der Waals surface area contributed by atoms with Crippen LogP contribution in [0.5, 0.6) is 0 Å². The van der Waals surface area contributed by atoms with Crippen molar-refractivity contribution in [1.29, 1.82) is 0 Å². The number of alkyl carbamates (subject to hydrolysis) is 1. The van der Waals surface area contributed by atoms with E-state index in [1.54, 1.807) is 30.1 Å². The number of amides is 4. The van der Waals surface area contributed by atoms with E-state index < -0.39 is 30.3 Å². The van der Waals surface area contributed by atoms with Crippen molar-refractivity contribution in [3.63, 3.8) is 0 Å². The van der Waals surface area contributed by atoms with E-state index in [2.05, 4.69) is 40.1 Å². The van der Waals surface area contributed by atoms with Crippen LogP contribution in [0.2, 0.25) is 0 Å². The summed E-state index contributed by atoms with van der Waals surface area (Å²) >= 11 is 3.27. The third kappa shape index (κ3) is 12.6. The third-order valence-electron chi connectivity index (χ3n) is 8.49. The predicted octanol–water partition coefficient (Wildman–Crippen LogP) is 4.91. The molecule has 11 nitrogen and oxygen atoms in total.